The van der Waals surface area contributed by atoms with Crippen LogP contribution in [0.5, 0.6) is 0 Å². The smallest absolute Gasteiger partial charge is 0.0460 e. The molecule has 1 rings (SSSR count). The van der Waals surface area contributed by atoms with E-state index < -0.39 is 0 Å². The SMILES string of the molecule is C=C(C)C1=NC=CC(C)C1C. The summed E-state index contributed by atoms with van der Waals surface area (Å²) in [5.74, 6) is 1.12. The number of hydrogen-bond acceptors (Lipinski definition) is 1. The van der Waals surface area contributed by atoms with Crippen molar-refractivity contribution in [2.75, 3.05) is 0 Å². The van der Waals surface area contributed by atoms with E-state index in [9.17, 15) is 0 Å². The topological polar surface area (TPSA) is 12.4 Å². The van der Waals surface area contributed by atoms with Gasteiger partial charge in [-0.15, -0.1) is 0 Å². The lowest BCUT2D eigenvalue weighted by Gasteiger charge is -2.21. The van der Waals surface area contributed by atoms with E-state index >= 15 is 0 Å². The minimum absolute atomic E-state index is 0.525. The summed E-state index contributed by atoms with van der Waals surface area (Å²) in [5.41, 5.74) is 2.24. The monoisotopic (exact) mass is 149 g/mol. The first-order valence-electron chi connectivity index (χ1n) is 4.03. The molecule has 1 heteroatoms. The van der Waals surface area contributed by atoms with E-state index in [1.807, 2.05) is 13.1 Å². The highest BCUT2D eigenvalue weighted by Crippen LogP contribution is 2.21. The fraction of sp³-hybridized carbons (Fsp3) is 0.500. The van der Waals surface area contributed by atoms with E-state index in [0.717, 1.165) is 11.3 Å². The van der Waals surface area contributed by atoms with E-state index in [2.05, 4.69) is 31.5 Å². The van der Waals surface area contributed by atoms with E-state index in [0.29, 0.717) is 11.8 Å². The Bertz CT molecular complexity index is 223. The third-order valence-corrected chi connectivity index (χ3v) is 2.26. The number of aliphatic imine (C=N–C) groups is 1. The Morgan fingerprint density at radius 2 is 2.18 bits per heavy atom. The molecule has 0 fully saturated rings. The molecule has 11 heavy (non-hydrogen) atoms. The Hall–Kier alpha value is -0.850. The van der Waals surface area contributed by atoms with Gasteiger partial charge in [-0.3, -0.25) is 4.99 Å². The average molecular weight is 149 g/mol. The predicted molar refractivity (Wildman–Crippen MR) is 49.7 cm³/mol. The highest BCUT2D eigenvalue weighted by molar-refractivity contribution is 6.01. The van der Waals surface area contributed by atoms with Gasteiger partial charge >= 0.3 is 0 Å². The van der Waals surface area contributed by atoms with Crippen LogP contribution in [0.4, 0.5) is 0 Å². The molecule has 0 spiro atoms. The van der Waals surface area contributed by atoms with Crippen LogP contribution in [0, 0.1) is 11.8 Å². The van der Waals surface area contributed by atoms with Crippen molar-refractivity contribution in [3.63, 3.8) is 0 Å². The molecule has 2 atom stereocenters. The van der Waals surface area contributed by atoms with Crippen molar-refractivity contribution in [1.82, 2.24) is 0 Å². The Morgan fingerprint density at radius 3 is 2.64 bits per heavy atom. The zero-order valence-corrected chi connectivity index (χ0v) is 7.46. The van der Waals surface area contributed by atoms with Crippen LogP contribution >= 0.6 is 0 Å². The minimum Gasteiger partial charge on any atom is -0.261 e. The van der Waals surface area contributed by atoms with Crippen LogP contribution in [0.1, 0.15) is 20.8 Å². The largest absolute Gasteiger partial charge is 0.261 e. The Balaban J connectivity index is 2.87. The molecule has 0 aromatic rings. The van der Waals surface area contributed by atoms with Crippen LogP contribution in [0.2, 0.25) is 0 Å². The molecular weight excluding hydrogens is 134 g/mol. The first kappa shape index (κ1) is 8.25. The molecule has 0 aromatic heterocycles. The molecule has 0 aromatic carbocycles. The van der Waals surface area contributed by atoms with Crippen LogP contribution in [0.3, 0.4) is 0 Å². The van der Waals surface area contributed by atoms with Crippen molar-refractivity contribution in [3.8, 4) is 0 Å². The zero-order valence-electron chi connectivity index (χ0n) is 7.46. The number of allylic oxidation sites excluding steroid dienone is 2. The lowest BCUT2D eigenvalue weighted by molar-refractivity contribution is 0.581. The van der Waals surface area contributed by atoms with E-state index in [1.165, 1.54) is 0 Å². The van der Waals surface area contributed by atoms with Gasteiger partial charge in [-0.05, 0) is 18.4 Å². The van der Waals surface area contributed by atoms with E-state index in [-0.39, 0.29) is 0 Å². The summed E-state index contributed by atoms with van der Waals surface area (Å²) in [6.07, 6.45) is 4.02. The standard InChI is InChI=1S/C10H15N/c1-7(2)10-9(4)8(3)5-6-11-10/h5-6,8-9H,1H2,2-4H3. The summed E-state index contributed by atoms with van der Waals surface area (Å²) >= 11 is 0. The number of nitrogens with zero attached hydrogens (tertiary/aromatic N) is 1. The molecule has 0 N–H and O–H groups in total. The van der Waals surface area contributed by atoms with Crippen LogP contribution in [-0.2, 0) is 0 Å². The first-order chi connectivity index (χ1) is 5.13. The molecule has 2 unspecified atom stereocenters. The van der Waals surface area contributed by atoms with Gasteiger partial charge in [0.2, 0.25) is 0 Å². The Labute approximate surface area is 68.5 Å². The molecule has 1 nitrogen and oxygen atoms in total. The second kappa shape index (κ2) is 3.04. The third-order valence-electron chi connectivity index (χ3n) is 2.26. The van der Waals surface area contributed by atoms with Gasteiger partial charge in [-0.1, -0.05) is 26.5 Å². The second-order valence-electron chi connectivity index (χ2n) is 3.28. The van der Waals surface area contributed by atoms with Crippen molar-refractivity contribution in [1.29, 1.82) is 0 Å². The molecule has 0 aliphatic carbocycles. The highest BCUT2D eigenvalue weighted by Gasteiger charge is 2.18. The van der Waals surface area contributed by atoms with E-state index in [4.69, 9.17) is 0 Å². The van der Waals surface area contributed by atoms with Gasteiger partial charge < -0.3 is 0 Å². The highest BCUT2D eigenvalue weighted by atomic mass is 14.7. The minimum atomic E-state index is 0.525. The van der Waals surface area contributed by atoms with Crippen molar-refractivity contribution in [2.24, 2.45) is 16.8 Å². The summed E-state index contributed by atoms with van der Waals surface area (Å²) in [6, 6.07) is 0. The molecule has 0 saturated carbocycles. The Kier molecular flexibility index (Phi) is 2.28. The summed E-state index contributed by atoms with van der Waals surface area (Å²) in [7, 11) is 0. The van der Waals surface area contributed by atoms with Gasteiger partial charge in [0.25, 0.3) is 0 Å². The van der Waals surface area contributed by atoms with Gasteiger partial charge in [0.1, 0.15) is 0 Å². The Morgan fingerprint density at radius 1 is 1.55 bits per heavy atom. The summed E-state index contributed by atoms with van der Waals surface area (Å²) in [5, 5.41) is 0. The zero-order chi connectivity index (χ0) is 8.43. The maximum absolute atomic E-state index is 4.30. The van der Waals surface area contributed by atoms with Crippen LogP contribution in [0.25, 0.3) is 0 Å². The maximum atomic E-state index is 4.30. The quantitative estimate of drug-likeness (QED) is 0.543. The van der Waals surface area contributed by atoms with Crippen molar-refractivity contribution < 1.29 is 0 Å². The second-order valence-corrected chi connectivity index (χ2v) is 3.28. The summed E-state index contributed by atoms with van der Waals surface area (Å²) in [4.78, 5) is 4.30. The molecule has 0 radical (unpaired) electrons. The predicted octanol–water partition coefficient (Wildman–Crippen LogP) is 2.80. The van der Waals surface area contributed by atoms with Crippen LogP contribution in [-0.4, -0.2) is 5.71 Å². The molecule has 0 saturated heterocycles. The van der Waals surface area contributed by atoms with Crippen molar-refractivity contribution in [3.05, 3.63) is 24.4 Å². The molecule has 0 amide bonds. The first-order valence-corrected chi connectivity index (χ1v) is 4.03. The molecule has 60 valence electrons. The lowest BCUT2D eigenvalue weighted by atomic mass is 9.87. The van der Waals surface area contributed by atoms with Crippen molar-refractivity contribution >= 4 is 5.71 Å². The normalized spacial score (nSPS) is 29.9. The fourth-order valence-electron chi connectivity index (χ4n) is 1.29. The third kappa shape index (κ3) is 1.59. The van der Waals surface area contributed by atoms with Gasteiger partial charge in [-0.2, -0.15) is 0 Å². The molecule has 0 bridgehead atoms. The van der Waals surface area contributed by atoms with Gasteiger partial charge in [-0.25, -0.2) is 0 Å². The number of hydrogen-bond donors (Lipinski definition) is 0. The lowest BCUT2D eigenvalue weighted by Crippen LogP contribution is -2.20. The van der Waals surface area contributed by atoms with E-state index in [1.54, 1.807) is 0 Å². The average Bonchev–Trinajstić information content (AvgIpc) is 1.94. The molecule has 1 aliphatic rings. The number of rotatable bonds is 1. The van der Waals surface area contributed by atoms with Crippen LogP contribution < -0.4 is 0 Å². The van der Waals surface area contributed by atoms with Gasteiger partial charge in [0.05, 0.1) is 0 Å². The van der Waals surface area contributed by atoms with Crippen molar-refractivity contribution in [2.45, 2.75) is 20.8 Å². The fourth-order valence-corrected chi connectivity index (χ4v) is 1.29. The summed E-state index contributed by atoms with van der Waals surface area (Å²) < 4.78 is 0. The molecule has 1 heterocycles. The van der Waals surface area contributed by atoms with Crippen LogP contribution in [0.15, 0.2) is 29.4 Å². The molecular formula is C10H15N. The van der Waals surface area contributed by atoms with Gasteiger partial charge in [0, 0.05) is 17.8 Å². The summed E-state index contributed by atoms with van der Waals surface area (Å²) in [6.45, 7) is 10.3. The van der Waals surface area contributed by atoms with Gasteiger partial charge in [0.15, 0.2) is 0 Å². The molecule has 1 aliphatic heterocycles. The maximum Gasteiger partial charge on any atom is 0.0460 e.